The number of nitrogens with zero attached hydrogens (tertiary/aromatic N) is 2. The Balaban J connectivity index is 1.69. The Labute approximate surface area is 147 Å². The average molecular weight is 370 g/mol. The molecule has 1 heterocycles. The predicted molar refractivity (Wildman–Crippen MR) is 90.2 cm³/mol. The van der Waals surface area contributed by atoms with Crippen LogP contribution in [0.1, 0.15) is 26.7 Å². The van der Waals surface area contributed by atoms with Crippen LogP contribution in [0.15, 0.2) is 23.1 Å². The van der Waals surface area contributed by atoms with Gasteiger partial charge >= 0.3 is 0 Å². The van der Waals surface area contributed by atoms with Crippen molar-refractivity contribution in [2.75, 3.05) is 26.2 Å². The molecule has 1 aromatic rings. The Hall–Kier alpha value is -1.67. The molecule has 1 aliphatic carbocycles. The second kappa shape index (κ2) is 6.92. The molecule has 2 fully saturated rings. The lowest BCUT2D eigenvalue weighted by atomic mass is 10.3. The number of hydrogen-bond acceptors (Lipinski definition) is 4. The van der Waals surface area contributed by atoms with Crippen molar-refractivity contribution in [3.05, 3.63) is 24.0 Å². The number of carbonyl (C=O) groups excluding carboxylic acids is 1. The molecule has 0 spiro atoms. The van der Waals surface area contributed by atoms with Crippen molar-refractivity contribution in [3.63, 3.8) is 0 Å². The van der Waals surface area contributed by atoms with Gasteiger partial charge in [-0.2, -0.15) is 4.31 Å². The molecule has 0 atom stereocenters. The molecular weight excluding hydrogens is 347 g/mol. The summed E-state index contributed by atoms with van der Waals surface area (Å²) in [4.78, 5) is 13.7. The third kappa shape index (κ3) is 3.95. The molecule has 3 rings (SSSR count). The van der Waals surface area contributed by atoms with Gasteiger partial charge in [-0.15, -0.1) is 0 Å². The summed E-state index contributed by atoms with van der Waals surface area (Å²) in [7, 11) is -3.78. The van der Waals surface area contributed by atoms with Gasteiger partial charge in [0.15, 0.2) is 11.6 Å². The lowest BCUT2D eigenvalue weighted by molar-refractivity contribution is -0.133. The molecule has 0 bridgehead atoms. The summed E-state index contributed by atoms with van der Waals surface area (Å²) >= 11 is 0. The molecular formula is C17H23FN2O4S. The number of rotatable bonds is 5. The van der Waals surface area contributed by atoms with Crippen molar-refractivity contribution in [2.24, 2.45) is 5.92 Å². The van der Waals surface area contributed by atoms with E-state index in [1.165, 1.54) is 16.4 Å². The first-order valence-corrected chi connectivity index (χ1v) is 9.98. The minimum Gasteiger partial charge on any atom is -0.488 e. The second-order valence-electron chi connectivity index (χ2n) is 6.76. The molecule has 0 unspecified atom stereocenters. The zero-order valence-electron chi connectivity index (χ0n) is 14.4. The highest BCUT2D eigenvalue weighted by Crippen LogP contribution is 2.31. The summed E-state index contributed by atoms with van der Waals surface area (Å²) in [5.74, 6) is -0.407. The minimum atomic E-state index is -3.78. The molecule has 138 valence electrons. The maximum Gasteiger partial charge on any atom is 0.243 e. The zero-order valence-corrected chi connectivity index (χ0v) is 15.3. The maximum absolute atomic E-state index is 14.1. The zero-order chi connectivity index (χ0) is 18.2. The third-order valence-corrected chi connectivity index (χ3v) is 6.28. The number of carbonyl (C=O) groups is 1. The van der Waals surface area contributed by atoms with Crippen LogP contribution in [0.2, 0.25) is 0 Å². The van der Waals surface area contributed by atoms with Crippen LogP contribution in [0.4, 0.5) is 4.39 Å². The molecule has 2 aliphatic rings. The SMILES string of the molecule is CC(C)Oc1ccc(S(=O)(=O)N2CCN(C(=O)C3CC3)CC2)cc1F. The number of benzene rings is 1. The van der Waals surface area contributed by atoms with E-state index < -0.39 is 15.8 Å². The van der Waals surface area contributed by atoms with Gasteiger partial charge in [0, 0.05) is 32.1 Å². The van der Waals surface area contributed by atoms with E-state index in [1.807, 2.05) is 0 Å². The first kappa shape index (κ1) is 18.1. The number of ether oxygens (including phenoxy) is 1. The van der Waals surface area contributed by atoms with Gasteiger partial charge in [-0.05, 0) is 44.9 Å². The quantitative estimate of drug-likeness (QED) is 0.793. The topological polar surface area (TPSA) is 66.9 Å². The van der Waals surface area contributed by atoms with Crippen molar-refractivity contribution in [1.82, 2.24) is 9.21 Å². The molecule has 1 aromatic carbocycles. The summed E-state index contributed by atoms with van der Waals surface area (Å²) in [5.41, 5.74) is 0. The largest absolute Gasteiger partial charge is 0.488 e. The third-order valence-electron chi connectivity index (χ3n) is 4.38. The Bertz CT molecular complexity index is 754. The maximum atomic E-state index is 14.1. The van der Waals surface area contributed by atoms with E-state index in [0.29, 0.717) is 13.1 Å². The van der Waals surface area contributed by atoms with E-state index in [0.717, 1.165) is 18.9 Å². The fourth-order valence-electron chi connectivity index (χ4n) is 2.88. The van der Waals surface area contributed by atoms with Crippen molar-refractivity contribution in [2.45, 2.75) is 37.7 Å². The lowest BCUT2D eigenvalue weighted by Crippen LogP contribution is -2.50. The van der Waals surface area contributed by atoms with Crippen molar-refractivity contribution in [1.29, 1.82) is 0 Å². The fraction of sp³-hybridized carbons (Fsp3) is 0.588. The van der Waals surface area contributed by atoms with Gasteiger partial charge in [-0.25, -0.2) is 12.8 Å². The molecule has 1 saturated heterocycles. The number of piperazine rings is 1. The van der Waals surface area contributed by atoms with Gasteiger partial charge in [-0.1, -0.05) is 0 Å². The predicted octanol–water partition coefficient (Wildman–Crippen LogP) is 1.86. The van der Waals surface area contributed by atoms with Crippen molar-refractivity contribution >= 4 is 15.9 Å². The summed E-state index contributed by atoms with van der Waals surface area (Å²) in [6.07, 6.45) is 1.66. The average Bonchev–Trinajstić information content (AvgIpc) is 3.40. The highest BCUT2D eigenvalue weighted by Gasteiger charge is 2.36. The number of hydrogen-bond donors (Lipinski definition) is 0. The number of halogens is 1. The molecule has 8 heteroatoms. The fourth-order valence-corrected chi connectivity index (χ4v) is 4.31. The van der Waals surface area contributed by atoms with Gasteiger partial charge in [0.2, 0.25) is 15.9 Å². The van der Waals surface area contributed by atoms with Gasteiger partial charge in [0.25, 0.3) is 0 Å². The molecule has 6 nitrogen and oxygen atoms in total. The standard InChI is InChI=1S/C17H23FN2O4S/c1-12(2)24-16-6-5-14(11-15(16)18)25(22,23)20-9-7-19(8-10-20)17(21)13-3-4-13/h5-6,11-13H,3-4,7-10H2,1-2H3. The van der Waals surface area contributed by atoms with Crippen molar-refractivity contribution < 1.29 is 22.3 Å². The Kier molecular flexibility index (Phi) is 5.02. The summed E-state index contributed by atoms with van der Waals surface area (Å²) in [5, 5.41) is 0. The second-order valence-corrected chi connectivity index (χ2v) is 8.70. The van der Waals surface area contributed by atoms with E-state index >= 15 is 0 Å². The lowest BCUT2D eigenvalue weighted by Gasteiger charge is -2.34. The van der Waals surface area contributed by atoms with E-state index in [4.69, 9.17) is 4.74 Å². The highest BCUT2D eigenvalue weighted by molar-refractivity contribution is 7.89. The molecule has 0 aromatic heterocycles. The molecule has 0 N–H and O–H groups in total. The van der Waals surface area contributed by atoms with E-state index in [-0.39, 0.29) is 41.7 Å². The monoisotopic (exact) mass is 370 g/mol. The summed E-state index contributed by atoms with van der Waals surface area (Å²) in [6.45, 7) is 4.76. The number of sulfonamides is 1. The van der Waals surface area contributed by atoms with Crippen LogP contribution in [-0.2, 0) is 14.8 Å². The summed E-state index contributed by atoms with van der Waals surface area (Å²) in [6, 6.07) is 3.70. The first-order valence-electron chi connectivity index (χ1n) is 8.54. The summed E-state index contributed by atoms with van der Waals surface area (Å²) < 4.78 is 46.1. The Morgan fingerprint density at radius 1 is 1.20 bits per heavy atom. The van der Waals surface area contributed by atoms with Gasteiger partial charge in [0.05, 0.1) is 11.0 Å². The number of amides is 1. The van der Waals surface area contributed by atoms with Crippen LogP contribution < -0.4 is 4.74 Å². The van der Waals surface area contributed by atoms with E-state index in [2.05, 4.69) is 0 Å². The molecule has 1 aliphatic heterocycles. The first-order chi connectivity index (χ1) is 11.8. The highest BCUT2D eigenvalue weighted by atomic mass is 32.2. The minimum absolute atomic E-state index is 0.0359. The van der Waals surface area contributed by atoms with Crippen LogP contribution in [-0.4, -0.2) is 55.8 Å². The van der Waals surface area contributed by atoms with Crippen LogP contribution in [0.25, 0.3) is 0 Å². The molecule has 0 radical (unpaired) electrons. The van der Waals surface area contributed by atoms with Gasteiger partial charge in [-0.3, -0.25) is 4.79 Å². The molecule has 1 amide bonds. The van der Waals surface area contributed by atoms with Crippen LogP contribution in [0, 0.1) is 11.7 Å². The Morgan fingerprint density at radius 2 is 1.84 bits per heavy atom. The van der Waals surface area contributed by atoms with E-state index in [9.17, 15) is 17.6 Å². The van der Waals surface area contributed by atoms with E-state index in [1.54, 1.807) is 18.7 Å². The van der Waals surface area contributed by atoms with Crippen LogP contribution >= 0.6 is 0 Å². The Morgan fingerprint density at radius 3 is 2.36 bits per heavy atom. The normalized spacial score (nSPS) is 19.3. The molecule has 25 heavy (non-hydrogen) atoms. The van der Waals surface area contributed by atoms with Crippen molar-refractivity contribution in [3.8, 4) is 5.75 Å². The van der Waals surface area contributed by atoms with Crippen LogP contribution in [0.5, 0.6) is 5.75 Å². The smallest absolute Gasteiger partial charge is 0.243 e. The van der Waals surface area contributed by atoms with Gasteiger partial charge in [0.1, 0.15) is 0 Å². The van der Waals surface area contributed by atoms with Crippen LogP contribution in [0.3, 0.4) is 0 Å². The molecule has 1 saturated carbocycles. The van der Waals surface area contributed by atoms with Gasteiger partial charge < -0.3 is 9.64 Å².